The number of hydrogen-bond donors (Lipinski definition) is 0. The van der Waals surface area contributed by atoms with Gasteiger partial charge in [0.15, 0.2) is 6.61 Å². The lowest BCUT2D eigenvalue weighted by molar-refractivity contribution is -0.143. The van der Waals surface area contributed by atoms with Gasteiger partial charge < -0.3 is 9.15 Å². The van der Waals surface area contributed by atoms with Gasteiger partial charge in [0.25, 0.3) is 0 Å². The molecule has 0 aliphatic carbocycles. The fourth-order valence-electron chi connectivity index (χ4n) is 2.08. The average Bonchev–Trinajstić information content (AvgIpc) is 3.20. The number of Topliss-reactive ketones (excluding diaryl/α,β-unsaturated/α-hetero) is 1. The molecule has 0 bridgehead atoms. The average molecular weight is 376 g/mol. The Bertz CT molecular complexity index is 1000. The Morgan fingerprint density at radius 1 is 1.23 bits per heavy atom. The van der Waals surface area contributed by atoms with E-state index in [4.69, 9.17) is 9.15 Å². The van der Waals surface area contributed by atoms with E-state index >= 15 is 0 Å². The molecular formula is C17H13FN2O5S. The Kier molecular flexibility index (Phi) is 5.08. The first-order valence-electron chi connectivity index (χ1n) is 7.51. The summed E-state index contributed by atoms with van der Waals surface area (Å²) in [5, 5.41) is 3.87. The molecule has 0 radical (unpaired) electrons. The normalized spacial score (nSPS) is 10.7. The van der Waals surface area contributed by atoms with Gasteiger partial charge in [-0.2, -0.15) is 4.68 Å². The van der Waals surface area contributed by atoms with Gasteiger partial charge in [-0.3, -0.25) is 9.59 Å². The van der Waals surface area contributed by atoms with E-state index in [-0.39, 0.29) is 11.7 Å². The molecule has 0 saturated heterocycles. The topological polar surface area (TPSA) is 91.4 Å². The van der Waals surface area contributed by atoms with Crippen LogP contribution >= 0.6 is 11.3 Å². The van der Waals surface area contributed by atoms with E-state index in [0.29, 0.717) is 10.4 Å². The lowest BCUT2D eigenvalue weighted by atomic mass is 10.2. The maximum atomic E-state index is 12.9. The molecule has 3 rings (SSSR count). The standard InChI is InChI=1S/C17H13FN2O5S/c1-10-2-7-14(26-10)13(21)9-24-15(22)8-20-17(23)25-16(19-20)11-3-5-12(18)6-4-11/h2-7H,8-9H2,1H3. The number of benzene rings is 1. The molecule has 2 heterocycles. The fraction of sp³-hybridized carbons (Fsp3) is 0.176. The second-order valence-corrected chi connectivity index (χ2v) is 6.62. The largest absolute Gasteiger partial charge is 0.456 e. The second kappa shape index (κ2) is 7.44. The van der Waals surface area contributed by atoms with Gasteiger partial charge in [0.2, 0.25) is 11.7 Å². The fourth-order valence-corrected chi connectivity index (χ4v) is 2.88. The van der Waals surface area contributed by atoms with Crippen LogP contribution in [0, 0.1) is 12.7 Å². The first-order valence-corrected chi connectivity index (χ1v) is 8.33. The van der Waals surface area contributed by atoms with Gasteiger partial charge in [-0.05, 0) is 43.3 Å². The molecule has 2 aromatic heterocycles. The van der Waals surface area contributed by atoms with Crippen molar-refractivity contribution in [3.63, 3.8) is 0 Å². The number of carbonyl (C=O) groups excluding carboxylic acids is 2. The molecule has 0 spiro atoms. The van der Waals surface area contributed by atoms with Crippen molar-refractivity contribution in [1.82, 2.24) is 9.78 Å². The summed E-state index contributed by atoms with van der Waals surface area (Å²) in [5.41, 5.74) is 0.388. The van der Waals surface area contributed by atoms with Gasteiger partial charge in [0, 0.05) is 10.4 Å². The maximum absolute atomic E-state index is 12.9. The number of rotatable bonds is 6. The molecule has 0 amide bonds. The molecule has 0 unspecified atom stereocenters. The van der Waals surface area contributed by atoms with Crippen molar-refractivity contribution in [2.45, 2.75) is 13.5 Å². The van der Waals surface area contributed by atoms with E-state index in [2.05, 4.69) is 5.10 Å². The minimum Gasteiger partial charge on any atom is -0.456 e. The Morgan fingerprint density at radius 3 is 2.62 bits per heavy atom. The predicted molar refractivity (Wildman–Crippen MR) is 90.5 cm³/mol. The summed E-state index contributed by atoms with van der Waals surface area (Å²) in [6.45, 7) is 0.944. The van der Waals surface area contributed by atoms with E-state index in [1.807, 2.05) is 6.92 Å². The molecule has 26 heavy (non-hydrogen) atoms. The number of ether oxygens (including phenoxy) is 1. The number of thiophene rings is 1. The molecule has 7 nitrogen and oxygen atoms in total. The smallest absolute Gasteiger partial charge is 0.437 e. The minimum atomic E-state index is -0.860. The van der Waals surface area contributed by atoms with Crippen molar-refractivity contribution in [3.8, 4) is 11.5 Å². The lowest BCUT2D eigenvalue weighted by Gasteiger charge is -2.02. The summed E-state index contributed by atoms with van der Waals surface area (Å²) < 4.78 is 23.5. The van der Waals surface area contributed by atoms with E-state index in [1.165, 1.54) is 35.6 Å². The van der Waals surface area contributed by atoms with Crippen molar-refractivity contribution < 1.29 is 23.1 Å². The van der Waals surface area contributed by atoms with E-state index in [0.717, 1.165) is 9.56 Å². The van der Waals surface area contributed by atoms with Crippen molar-refractivity contribution in [2.24, 2.45) is 0 Å². The van der Waals surface area contributed by atoms with Gasteiger partial charge in [-0.25, -0.2) is 9.18 Å². The number of nitrogens with zero attached hydrogens (tertiary/aromatic N) is 2. The second-order valence-electron chi connectivity index (χ2n) is 5.33. The molecule has 0 saturated carbocycles. The van der Waals surface area contributed by atoms with Crippen LogP contribution in [-0.2, 0) is 16.1 Å². The summed E-state index contributed by atoms with van der Waals surface area (Å²) in [5.74, 6) is -2.47. The summed E-state index contributed by atoms with van der Waals surface area (Å²) in [6, 6.07) is 8.63. The van der Waals surface area contributed by atoms with Crippen molar-refractivity contribution in [1.29, 1.82) is 0 Å². The Balaban J connectivity index is 1.61. The van der Waals surface area contributed by atoms with Crippen LogP contribution in [0.5, 0.6) is 0 Å². The van der Waals surface area contributed by atoms with Crippen LogP contribution in [0.3, 0.4) is 0 Å². The molecule has 0 aliphatic heterocycles. The molecule has 1 aromatic carbocycles. The highest BCUT2D eigenvalue weighted by Gasteiger charge is 2.16. The number of ketones is 1. The zero-order valence-electron chi connectivity index (χ0n) is 13.6. The summed E-state index contributed by atoms with van der Waals surface area (Å²) in [4.78, 5) is 37.0. The van der Waals surface area contributed by atoms with Crippen molar-refractivity contribution in [3.05, 3.63) is 62.5 Å². The monoisotopic (exact) mass is 376 g/mol. The van der Waals surface area contributed by atoms with E-state index in [1.54, 1.807) is 12.1 Å². The van der Waals surface area contributed by atoms with Gasteiger partial charge in [0.1, 0.15) is 12.4 Å². The summed E-state index contributed by atoms with van der Waals surface area (Å²) >= 11 is 1.31. The third kappa shape index (κ3) is 4.12. The highest BCUT2D eigenvalue weighted by atomic mass is 32.1. The van der Waals surface area contributed by atoms with Crippen LogP contribution in [0.1, 0.15) is 14.5 Å². The van der Waals surface area contributed by atoms with Gasteiger partial charge in [-0.1, -0.05) is 0 Å². The highest BCUT2D eigenvalue weighted by molar-refractivity contribution is 7.14. The SMILES string of the molecule is Cc1ccc(C(=O)COC(=O)Cn2nc(-c3ccc(F)cc3)oc2=O)s1. The van der Waals surface area contributed by atoms with Crippen LogP contribution in [-0.4, -0.2) is 28.1 Å². The third-order valence-corrected chi connectivity index (χ3v) is 4.40. The zero-order valence-corrected chi connectivity index (χ0v) is 14.4. The molecular weight excluding hydrogens is 363 g/mol. The highest BCUT2D eigenvalue weighted by Crippen LogP contribution is 2.16. The Labute approximate surface area is 150 Å². The van der Waals surface area contributed by atoms with Gasteiger partial charge >= 0.3 is 11.7 Å². The van der Waals surface area contributed by atoms with Gasteiger partial charge in [-0.15, -0.1) is 16.4 Å². The Hall–Kier alpha value is -3.07. The van der Waals surface area contributed by atoms with Crippen LogP contribution in [0.2, 0.25) is 0 Å². The first-order chi connectivity index (χ1) is 12.4. The van der Waals surface area contributed by atoms with Crippen LogP contribution in [0.4, 0.5) is 4.39 Å². The first kappa shape index (κ1) is 17.7. The predicted octanol–water partition coefficient (Wildman–Crippen LogP) is 2.44. The molecule has 0 N–H and O–H groups in total. The van der Waals surface area contributed by atoms with Crippen molar-refractivity contribution >= 4 is 23.1 Å². The van der Waals surface area contributed by atoms with Crippen LogP contribution < -0.4 is 5.76 Å². The van der Waals surface area contributed by atoms with Gasteiger partial charge in [0.05, 0.1) is 4.88 Å². The molecule has 9 heteroatoms. The molecule has 0 fully saturated rings. The molecule has 134 valence electrons. The number of carbonyl (C=O) groups is 2. The van der Waals surface area contributed by atoms with Crippen LogP contribution in [0.25, 0.3) is 11.5 Å². The third-order valence-electron chi connectivity index (χ3n) is 3.36. The van der Waals surface area contributed by atoms with Crippen LogP contribution in [0.15, 0.2) is 45.6 Å². The summed E-state index contributed by atoms with van der Waals surface area (Å²) in [6.07, 6.45) is 0. The van der Waals surface area contributed by atoms with Crippen molar-refractivity contribution in [2.75, 3.05) is 6.61 Å². The maximum Gasteiger partial charge on any atom is 0.437 e. The quantitative estimate of drug-likeness (QED) is 0.485. The lowest BCUT2D eigenvalue weighted by Crippen LogP contribution is -2.24. The number of hydrogen-bond acceptors (Lipinski definition) is 7. The summed E-state index contributed by atoms with van der Waals surface area (Å²) in [7, 11) is 0. The van der Waals surface area contributed by atoms with E-state index < -0.39 is 30.7 Å². The minimum absolute atomic E-state index is 0.0482. The number of aromatic nitrogens is 2. The molecule has 3 aromatic rings. The molecule has 0 atom stereocenters. The molecule has 0 aliphatic rings. The number of halogens is 1. The number of aryl methyl sites for hydroxylation is 1. The number of esters is 1. The zero-order chi connectivity index (χ0) is 18.7. The van der Waals surface area contributed by atoms with E-state index in [9.17, 15) is 18.8 Å². The Morgan fingerprint density at radius 2 is 1.96 bits per heavy atom.